The Balaban J connectivity index is 1.74. The van der Waals surface area contributed by atoms with Gasteiger partial charge in [0.2, 0.25) is 0 Å². The molecule has 0 amide bonds. The van der Waals surface area contributed by atoms with Crippen LogP contribution in [0.4, 0.5) is 0 Å². The van der Waals surface area contributed by atoms with Gasteiger partial charge in [-0.15, -0.1) is 0 Å². The fourth-order valence-electron chi connectivity index (χ4n) is 2.90. The molecule has 0 aromatic heterocycles. The number of carbonyl (C=O) groups is 1. The first-order valence-corrected chi connectivity index (χ1v) is 8.24. The van der Waals surface area contributed by atoms with Gasteiger partial charge in [-0.3, -0.25) is 4.79 Å². The third kappa shape index (κ3) is 9.94. The van der Waals surface area contributed by atoms with Gasteiger partial charge in [0, 0.05) is 12.5 Å². The molecule has 1 rings (SSSR count). The van der Waals surface area contributed by atoms with E-state index in [-0.39, 0.29) is 0 Å². The first-order valence-electron chi connectivity index (χ1n) is 8.24. The van der Waals surface area contributed by atoms with Gasteiger partial charge in [0.05, 0.1) is 0 Å². The zero-order chi connectivity index (χ0) is 13.8. The normalized spacial score (nSPS) is 19.5. The first kappa shape index (κ1) is 16.5. The lowest BCUT2D eigenvalue weighted by molar-refractivity contribution is -0.137. The van der Waals surface area contributed by atoms with Crippen molar-refractivity contribution in [1.29, 1.82) is 0 Å². The zero-order valence-corrected chi connectivity index (χ0v) is 12.3. The third-order valence-corrected chi connectivity index (χ3v) is 4.11. The van der Waals surface area contributed by atoms with Crippen molar-refractivity contribution in [2.75, 3.05) is 6.54 Å². The Kier molecular flexibility index (Phi) is 9.78. The van der Waals surface area contributed by atoms with Gasteiger partial charge >= 0.3 is 5.97 Å². The molecule has 2 N–H and O–H groups in total. The molecule has 1 fully saturated rings. The molecule has 0 bridgehead atoms. The molecule has 1 atom stereocenters. The molecule has 1 aliphatic rings. The summed E-state index contributed by atoms with van der Waals surface area (Å²) in [6.07, 6.45) is 15.7. The van der Waals surface area contributed by atoms with E-state index in [0.717, 1.165) is 18.9 Å². The minimum Gasteiger partial charge on any atom is -0.481 e. The zero-order valence-electron chi connectivity index (χ0n) is 12.3. The molecule has 0 saturated carbocycles. The lowest BCUT2D eigenvalue weighted by Crippen LogP contribution is -2.33. The second-order valence-corrected chi connectivity index (χ2v) is 5.91. The maximum Gasteiger partial charge on any atom is 0.303 e. The molecule has 0 spiro atoms. The lowest BCUT2D eigenvalue weighted by atomic mass is 9.98. The molecule has 1 heterocycles. The molecule has 112 valence electrons. The summed E-state index contributed by atoms with van der Waals surface area (Å²) in [6, 6.07) is 0.796. The average Bonchev–Trinajstić information content (AvgIpc) is 2.42. The standard InChI is InChI=1S/C16H31NO2/c18-16(19)13-8-6-4-2-1-3-5-7-11-15-12-9-10-14-17-15/h15,17H,1-14H2,(H,18,19)/t15-/m0/s1. The number of aliphatic carboxylic acids is 1. The SMILES string of the molecule is O=C(O)CCCCCCCCCC[C@H]1CCCCN1. The highest BCUT2D eigenvalue weighted by Crippen LogP contribution is 2.15. The predicted octanol–water partition coefficient (Wildman–Crippen LogP) is 4.11. The van der Waals surface area contributed by atoms with Crippen LogP contribution in [0.2, 0.25) is 0 Å². The van der Waals surface area contributed by atoms with E-state index in [1.165, 1.54) is 70.8 Å². The van der Waals surface area contributed by atoms with E-state index in [1.54, 1.807) is 0 Å². The number of unbranched alkanes of at least 4 members (excludes halogenated alkanes) is 7. The average molecular weight is 269 g/mol. The Morgan fingerprint density at radius 3 is 2.16 bits per heavy atom. The lowest BCUT2D eigenvalue weighted by Gasteiger charge is -2.23. The van der Waals surface area contributed by atoms with Crippen LogP contribution in [0.5, 0.6) is 0 Å². The summed E-state index contributed by atoms with van der Waals surface area (Å²) in [4.78, 5) is 10.3. The van der Waals surface area contributed by atoms with Crippen LogP contribution in [-0.4, -0.2) is 23.7 Å². The highest BCUT2D eigenvalue weighted by molar-refractivity contribution is 5.66. The van der Waals surface area contributed by atoms with E-state index in [9.17, 15) is 4.79 Å². The molecule has 0 aromatic carbocycles. The number of hydrogen-bond acceptors (Lipinski definition) is 2. The second-order valence-electron chi connectivity index (χ2n) is 5.91. The monoisotopic (exact) mass is 269 g/mol. The molecule has 0 aromatic rings. The van der Waals surface area contributed by atoms with Crippen molar-refractivity contribution in [3.05, 3.63) is 0 Å². The Labute approximate surface area is 118 Å². The summed E-state index contributed by atoms with van der Waals surface area (Å²) < 4.78 is 0. The quantitative estimate of drug-likeness (QED) is 0.555. The van der Waals surface area contributed by atoms with Gasteiger partial charge in [-0.2, -0.15) is 0 Å². The van der Waals surface area contributed by atoms with Crippen molar-refractivity contribution in [3.63, 3.8) is 0 Å². The summed E-state index contributed by atoms with van der Waals surface area (Å²) in [5.74, 6) is -0.656. The molecule has 3 nitrogen and oxygen atoms in total. The number of piperidine rings is 1. The maximum atomic E-state index is 10.3. The summed E-state index contributed by atoms with van der Waals surface area (Å²) in [6.45, 7) is 1.22. The number of carboxylic acids is 1. The fourth-order valence-corrected chi connectivity index (χ4v) is 2.90. The molecular formula is C16H31NO2. The summed E-state index contributed by atoms with van der Waals surface area (Å²) in [5, 5.41) is 12.1. The van der Waals surface area contributed by atoms with Gasteiger partial charge in [-0.05, 0) is 32.2 Å². The summed E-state index contributed by atoms with van der Waals surface area (Å²) in [7, 11) is 0. The van der Waals surface area contributed by atoms with Gasteiger partial charge in [-0.1, -0.05) is 51.4 Å². The van der Waals surface area contributed by atoms with Crippen LogP contribution in [0.15, 0.2) is 0 Å². The van der Waals surface area contributed by atoms with Gasteiger partial charge in [-0.25, -0.2) is 0 Å². The van der Waals surface area contributed by atoms with E-state index in [4.69, 9.17) is 5.11 Å². The molecule has 0 unspecified atom stereocenters. The number of carboxylic acid groups (broad SMARTS) is 1. The van der Waals surface area contributed by atoms with E-state index in [0.29, 0.717) is 6.42 Å². The molecule has 1 saturated heterocycles. The highest BCUT2D eigenvalue weighted by atomic mass is 16.4. The molecule has 3 heteroatoms. The molecular weight excluding hydrogens is 238 g/mol. The fraction of sp³-hybridized carbons (Fsp3) is 0.938. The van der Waals surface area contributed by atoms with Crippen molar-refractivity contribution < 1.29 is 9.90 Å². The van der Waals surface area contributed by atoms with Crippen molar-refractivity contribution >= 4 is 5.97 Å². The van der Waals surface area contributed by atoms with Crippen molar-refractivity contribution in [3.8, 4) is 0 Å². The van der Waals surface area contributed by atoms with Gasteiger partial charge < -0.3 is 10.4 Å². The summed E-state index contributed by atoms with van der Waals surface area (Å²) >= 11 is 0. The van der Waals surface area contributed by atoms with E-state index in [1.807, 2.05) is 0 Å². The smallest absolute Gasteiger partial charge is 0.303 e. The van der Waals surface area contributed by atoms with E-state index < -0.39 is 5.97 Å². The van der Waals surface area contributed by atoms with Gasteiger partial charge in [0.15, 0.2) is 0 Å². The van der Waals surface area contributed by atoms with E-state index in [2.05, 4.69) is 5.32 Å². The van der Waals surface area contributed by atoms with Gasteiger partial charge in [0.25, 0.3) is 0 Å². The number of rotatable bonds is 11. The molecule has 0 aliphatic carbocycles. The molecule has 19 heavy (non-hydrogen) atoms. The van der Waals surface area contributed by atoms with E-state index >= 15 is 0 Å². The second kappa shape index (κ2) is 11.3. The van der Waals surface area contributed by atoms with Crippen LogP contribution >= 0.6 is 0 Å². The predicted molar refractivity (Wildman–Crippen MR) is 79.4 cm³/mol. The van der Waals surface area contributed by atoms with Crippen molar-refractivity contribution in [1.82, 2.24) is 5.32 Å². The van der Waals surface area contributed by atoms with Crippen molar-refractivity contribution in [2.24, 2.45) is 0 Å². The van der Waals surface area contributed by atoms with Crippen LogP contribution in [0.25, 0.3) is 0 Å². The molecule has 1 aliphatic heterocycles. The van der Waals surface area contributed by atoms with Crippen LogP contribution in [-0.2, 0) is 4.79 Å². The largest absolute Gasteiger partial charge is 0.481 e. The summed E-state index contributed by atoms with van der Waals surface area (Å²) in [5.41, 5.74) is 0. The topological polar surface area (TPSA) is 49.3 Å². The minimum atomic E-state index is -0.656. The Morgan fingerprint density at radius 2 is 1.58 bits per heavy atom. The first-order chi connectivity index (χ1) is 9.29. The van der Waals surface area contributed by atoms with Crippen LogP contribution in [0.1, 0.15) is 83.5 Å². The third-order valence-electron chi connectivity index (χ3n) is 4.11. The molecule has 0 radical (unpaired) electrons. The van der Waals surface area contributed by atoms with Crippen LogP contribution in [0.3, 0.4) is 0 Å². The minimum absolute atomic E-state index is 0.342. The Bertz CT molecular complexity index is 225. The Morgan fingerprint density at radius 1 is 0.947 bits per heavy atom. The Hall–Kier alpha value is -0.570. The highest BCUT2D eigenvalue weighted by Gasteiger charge is 2.11. The maximum absolute atomic E-state index is 10.3. The van der Waals surface area contributed by atoms with Crippen molar-refractivity contribution in [2.45, 2.75) is 89.5 Å². The number of hydrogen-bond donors (Lipinski definition) is 2. The van der Waals surface area contributed by atoms with Crippen LogP contribution in [0, 0.1) is 0 Å². The van der Waals surface area contributed by atoms with Gasteiger partial charge in [0.1, 0.15) is 0 Å². The number of nitrogens with one attached hydrogen (secondary N) is 1. The van der Waals surface area contributed by atoms with Crippen LogP contribution < -0.4 is 5.32 Å².